The summed E-state index contributed by atoms with van der Waals surface area (Å²) in [5.41, 5.74) is -0.275. The van der Waals surface area contributed by atoms with Crippen LogP contribution in [0.2, 0.25) is 0 Å². The number of ketones is 1. The lowest BCUT2D eigenvalue weighted by Crippen LogP contribution is -2.39. The van der Waals surface area contributed by atoms with Crippen LogP contribution in [0.3, 0.4) is 0 Å². The first-order valence-corrected chi connectivity index (χ1v) is 7.97. The maximum atomic E-state index is 12.4. The molecule has 1 N–H and O–H groups in total. The summed E-state index contributed by atoms with van der Waals surface area (Å²) in [5.74, 6) is -0.661. The van der Waals surface area contributed by atoms with E-state index in [-0.39, 0.29) is 30.9 Å². The summed E-state index contributed by atoms with van der Waals surface area (Å²) in [4.78, 5) is 40.6. The molecule has 134 valence electrons. The Bertz CT molecular complexity index is 897. The van der Waals surface area contributed by atoms with Gasteiger partial charge < -0.3 is 19.5 Å². The third-order valence-electron chi connectivity index (χ3n) is 4.14. The van der Waals surface area contributed by atoms with E-state index in [1.807, 2.05) is 0 Å². The van der Waals surface area contributed by atoms with Crippen molar-refractivity contribution in [2.75, 3.05) is 18.7 Å². The number of benzene rings is 1. The number of amides is 1. The molecule has 1 aromatic heterocycles. The first-order valence-electron chi connectivity index (χ1n) is 7.97. The van der Waals surface area contributed by atoms with Gasteiger partial charge in [-0.05, 0) is 18.2 Å². The monoisotopic (exact) mass is 357 g/mol. The molecule has 3 heterocycles. The normalized spacial score (nSPS) is 24.9. The Morgan fingerprint density at radius 2 is 2.00 bits per heavy atom. The van der Waals surface area contributed by atoms with E-state index in [9.17, 15) is 14.4 Å². The number of hydrogen-bond acceptors (Lipinski definition) is 7. The van der Waals surface area contributed by atoms with E-state index in [0.29, 0.717) is 5.56 Å². The number of carbonyl (C=O) groups excluding carboxylic acids is 2. The lowest BCUT2D eigenvalue weighted by atomic mass is 10.1. The fourth-order valence-corrected chi connectivity index (χ4v) is 2.87. The predicted octanol–water partition coefficient (Wildman–Crippen LogP) is 0.335. The van der Waals surface area contributed by atoms with Crippen molar-refractivity contribution in [1.82, 2.24) is 9.55 Å². The summed E-state index contributed by atoms with van der Waals surface area (Å²) in [6, 6.07) is 9.97. The molecular formula is C17H15N3O6. The van der Waals surface area contributed by atoms with Gasteiger partial charge in [-0.25, -0.2) is 4.79 Å². The van der Waals surface area contributed by atoms with Crippen LogP contribution in [-0.2, 0) is 19.0 Å². The van der Waals surface area contributed by atoms with Gasteiger partial charge in [-0.2, -0.15) is 4.98 Å². The number of nitrogens with zero attached hydrogens (tertiary/aromatic N) is 2. The van der Waals surface area contributed by atoms with Crippen LogP contribution in [0.4, 0.5) is 5.82 Å². The van der Waals surface area contributed by atoms with Crippen LogP contribution in [0.1, 0.15) is 16.6 Å². The van der Waals surface area contributed by atoms with E-state index in [2.05, 4.69) is 10.3 Å². The van der Waals surface area contributed by atoms with Crippen LogP contribution >= 0.6 is 0 Å². The summed E-state index contributed by atoms with van der Waals surface area (Å²) >= 11 is 0. The number of Topliss-reactive ketones (excluding diaryl/α,β-unsaturated/α-hetero) is 1. The number of hydrogen-bond donors (Lipinski definition) is 1. The summed E-state index contributed by atoms with van der Waals surface area (Å²) in [5, 5.41) is 2.54. The zero-order chi connectivity index (χ0) is 18.1. The molecule has 1 unspecified atom stereocenters. The first kappa shape index (κ1) is 16.6. The summed E-state index contributed by atoms with van der Waals surface area (Å²) in [6.07, 6.45) is -1.06. The molecule has 2 saturated heterocycles. The molecule has 0 spiro atoms. The molecule has 2 aliphatic heterocycles. The van der Waals surface area contributed by atoms with E-state index in [1.54, 1.807) is 30.3 Å². The lowest BCUT2D eigenvalue weighted by molar-refractivity contribution is -0.183. The van der Waals surface area contributed by atoms with Crippen molar-refractivity contribution in [3.05, 3.63) is 58.6 Å². The molecule has 26 heavy (non-hydrogen) atoms. The fourth-order valence-electron chi connectivity index (χ4n) is 2.87. The minimum absolute atomic E-state index is 0.0145. The molecule has 0 saturated carbocycles. The van der Waals surface area contributed by atoms with Gasteiger partial charge in [-0.1, -0.05) is 18.2 Å². The summed E-state index contributed by atoms with van der Waals surface area (Å²) in [6.45, 7) is 0.237. The first-order chi connectivity index (χ1) is 12.6. The van der Waals surface area contributed by atoms with E-state index >= 15 is 0 Å². The molecule has 0 radical (unpaired) electrons. The largest absolute Gasteiger partial charge is 0.353 e. The Morgan fingerprint density at radius 3 is 2.73 bits per heavy atom. The van der Waals surface area contributed by atoms with E-state index in [4.69, 9.17) is 14.2 Å². The Kier molecular flexibility index (Phi) is 4.33. The molecule has 2 aromatic rings. The third-order valence-corrected chi connectivity index (χ3v) is 4.14. The van der Waals surface area contributed by atoms with Crippen LogP contribution in [-0.4, -0.2) is 46.8 Å². The van der Waals surface area contributed by atoms with Gasteiger partial charge in [0.15, 0.2) is 6.10 Å². The van der Waals surface area contributed by atoms with Crippen molar-refractivity contribution >= 4 is 17.5 Å². The third kappa shape index (κ3) is 3.03. The highest BCUT2D eigenvalue weighted by Gasteiger charge is 2.47. The zero-order valence-electron chi connectivity index (χ0n) is 13.5. The molecule has 3 atom stereocenters. The SMILES string of the molecule is O=C(Nc1ccn([C@@H]2O[C@@H]3COCOC3C2=O)c(=O)n1)c1ccccc1. The van der Waals surface area contributed by atoms with Gasteiger partial charge in [0, 0.05) is 11.8 Å². The van der Waals surface area contributed by atoms with Crippen LogP contribution in [0.25, 0.3) is 0 Å². The fraction of sp³-hybridized carbons (Fsp3) is 0.294. The van der Waals surface area contributed by atoms with Crippen molar-refractivity contribution in [1.29, 1.82) is 0 Å². The molecule has 1 amide bonds. The number of nitrogens with one attached hydrogen (secondary N) is 1. The maximum absolute atomic E-state index is 12.4. The van der Waals surface area contributed by atoms with Crippen LogP contribution in [0.15, 0.2) is 47.4 Å². The van der Waals surface area contributed by atoms with Gasteiger partial charge >= 0.3 is 5.69 Å². The highest BCUT2D eigenvalue weighted by molar-refractivity contribution is 6.03. The standard InChI is InChI=1S/C17H15N3O6/c21-13-14-11(8-24-9-25-14)26-16(13)20-7-6-12(19-17(20)23)18-15(22)10-4-2-1-3-5-10/h1-7,11,14,16H,8-9H2,(H,18,19,22,23)/t11-,14?,16-/m1/s1. The number of anilines is 1. The van der Waals surface area contributed by atoms with Gasteiger partial charge in [-0.15, -0.1) is 0 Å². The second kappa shape index (κ2) is 6.79. The van der Waals surface area contributed by atoms with Gasteiger partial charge in [0.2, 0.25) is 12.0 Å². The van der Waals surface area contributed by atoms with E-state index in [0.717, 1.165) is 4.57 Å². The number of ether oxygens (including phenoxy) is 3. The quantitative estimate of drug-likeness (QED) is 0.843. The molecule has 2 aliphatic rings. The molecule has 9 heteroatoms. The second-order valence-electron chi connectivity index (χ2n) is 5.83. The minimum Gasteiger partial charge on any atom is -0.353 e. The van der Waals surface area contributed by atoms with Gasteiger partial charge in [0.05, 0.1) is 6.61 Å². The molecule has 0 bridgehead atoms. The molecule has 0 aliphatic carbocycles. The van der Waals surface area contributed by atoms with Crippen molar-refractivity contribution < 1.29 is 23.8 Å². The number of rotatable bonds is 3. The zero-order valence-corrected chi connectivity index (χ0v) is 13.5. The highest BCUT2D eigenvalue weighted by atomic mass is 16.7. The minimum atomic E-state index is -1.12. The van der Waals surface area contributed by atoms with Crippen LogP contribution in [0, 0.1) is 0 Å². The Labute approximate surface area is 147 Å². The maximum Gasteiger partial charge on any atom is 0.352 e. The van der Waals surface area contributed by atoms with Gasteiger partial charge in [0.1, 0.15) is 18.7 Å². The summed E-state index contributed by atoms with van der Waals surface area (Å²) in [7, 11) is 0. The Hall–Kier alpha value is -2.88. The van der Waals surface area contributed by atoms with E-state index in [1.165, 1.54) is 12.3 Å². The average Bonchev–Trinajstić information content (AvgIpc) is 2.99. The lowest BCUT2D eigenvalue weighted by Gasteiger charge is -2.22. The number of carbonyl (C=O) groups is 2. The topological polar surface area (TPSA) is 109 Å². The number of aromatic nitrogens is 2. The van der Waals surface area contributed by atoms with Crippen LogP contribution < -0.4 is 11.0 Å². The van der Waals surface area contributed by atoms with Crippen molar-refractivity contribution in [2.45, 2.75) is 18.4 Å². The van der Waals surface area contributed by atoms with Crippen LogP contribution in [0.5, 0.6) is 0 Å². The van der Waals surface area contributed by atoms with Gasteiger partial charge in [-0.3, -0.25) is 14.2 Å². The molecule has 2 fully saturated rings. The highest BCUT2D eigenvalue weighted by Crippen LogP contribution is 2.29. The number of fused-ring (bicyclic) bond motifs is 1. The molecular weight excluding hydrogens is 342 g/mol. The Morgan fingerprint density at radius 1 is 1.19 bits per heavy atom. The average molecular weight is 357 g/mol. The van der Waals surface area contributed by atoms with E-state index < -0.39 is 24.1 Å². The Balaban J connectivity index is 1.52. The molecule has 1 aromatic carbocycles. The van der Waals surface area contributed by atoms with Crippen molar-refractivity contribution in [3.8, 4) is 0 Å². The van der Waals surface area contributed by atoms with Crippen molar-refractivity contribution in [2.24, 2.45) is 0 Å². The molecule has 9 nitrogen and oxygen atoms in total. The smallest absolute Gasteiger partial charge is 0.352 e. The van der Waals surface area contributed by atoms with Crippen molar-refractivity contribution in [3.63, 3.8) is 0 Å². The van der Waals surface area contributed by atoms with Gasteiger partial charge in [0.25, 0.3) is 5.91 Å². The summed E-state index contributed by atoms with van der Waals surface area (Å²) < 4.78 is 17.0. The second-order valence-corrected chi connectivity index (χ2v) is 5.83. The molecule has 4 rings (SSSR count). The predicted molar refractivity (Wildman–Crippen MR) is 87.5 cm³/mol.